The number of aliphatic hydroxyl groups is 1. The molecule has 0 saturated carbocycles. The zero-order chi connectivity index (χ0) is 15.7. The molecular weight excluding hydrogens is 298 g/mol. The highest BCUT2D eigenvalue weighted by atomic mass is 35.5. The topological polar surface area (TPSA) is 61.8 Å². The fraction of sp³-hybridized carbons (Fsp3) is 0.471. The predicted molar refractivity (Wildman–Crippen MR) is 91.5 cm³/mol. The van der Waals surface area contributed by atoms with Crippen LogP contribution < -0.4 is 10.6 Å². The summed E-state index contributed by atoms with van der Waals surface area (Å²) in [6, 6.07) is 5.90. The number of rotatable bonds is 3. The van der Waals surface area contributed by atoms with Crippen LogP contribution in [-0.4, -0.2) is 30.0 Å². The van der Waals surface area contributed by atoms with Crippen LogP contribution in [0.25, 0.3) is 0 Å². The third-order valence-electron chi connectivity index (χ3n) is 4.50. The minimum atomic E-state index is -0.871. The van der Waals surface area contributed by atoms with Crippen molar-refractivity contribution < 1.29 is 5.11 Å². The molecular formula is C17H22ClN3O. The Kier molecular flexibility index (Phi) is 4.26. The standard InChI is InChI=1S/C17H22ClN3O/c1-12-4-6-20-16(8-12)17(22)5-7-21(11-17)14-3-2-13(10-19)15(18)9-14/h2-3,6,8-9,12,22H,4-5,7,10-11,19H2,1H3/t12?,17-/m0/s1. The summed E-state index contributed by atoms with van der Waals surface area (Å²) >= 11 is 6.24. The maximum absolute atomic E-state index is 11.0. The molecule has 3 rings (SSSR count). The predicted octanol–water partition coefficient (Wildman–Crippen LogP) is 2.73. The zero-order valence-corrected chi connectivity index (χ0v) is 13.6. The molecule has 0 bridgehead atoms. The molecule has 2 aliphatic heterocycles. The van der Waals surface area contributed by atoms with Crippen LogP contribution in [0.1, 0.15) is 25.3 Å². The highest BCUT2D eigenvalue weighted by molar-refractivity contribution is 6.31. The smallest absolute Gasteiger partial charge is 0.125 e. The van der Waals surface area contributed by atoms with Gasteiger partial charge >= 0.3 is 0 Å². The first-order valence-corrected chi connectivity index (χ1v) is 8.10. The first kappa shape index (κ1) is 15.5. The van der Waals surface area contributed by atoms with Crippen LogP contribution in [0.5, 0.6) is 0 Å². The van der Waals surface area contributed by atoms with Gasteiger partial charge in [0, 0.05) is 36.4 Å². The van der Waals surface area contributed by atoms with Gasteiger partial charge in [0.05, 0.1) is 12.2 Å². The number of hydrogen-bond donors (Lipinski definition) is 2. The number of aliphatic imine (C=N–C) groups is 1. The third kappa shape index (κ3) is 2.91. The summed E-state index contributed by atoms with van der Waals surface area (Å²) in [5.41, 5.74) is 7.54. The van der Waals surface area contributed by atoms with E-state index in [0.717, 1.165) is 29.9 Å². The lowest BCUT2D eigenvalue weighted by molar-refractivity contribution is 0.0996. The number of anilines is 1. The summed E-state index contributed by atoms with van der Waals surface area (Å²) < 4.78 is 0. The number of halogens is 1. The Morgan fingerprint density at radius 2 is 2.32 bits per heavy atom. The van der Waals surface area contributed by atoms with Gasteiger partial charge in [-0.3, -0.25) is 4.99 Å². The molecule has 0 aromatic heterocycles. The first-order valence-electron chi connectivity index (χ1n) is 7.72. The molecule has 0 spiro atoms. The number of benzene rings is 1. The molecule has 118 valence electrons. The molecule has 1 aromatic rings. The van der Waals surface area contributed by atoms with Crippen LogP contribution in [0.15, 0.2) is 35.0 Å². The van der Waals surface area contributed by atoms with Gasteiger partial charge in [0.2, 0.25) is 0 Å². The maximum Gasteiger partial charge on any atom is 0.125 e. The van der Waals surface area contributed by atoms with Gasteiger partial charge in [0.1, 0.15) is 5.60 Å². The lowest BCUT2D eigenvalue weighted by atomic mass is 9.93. The lowest BCUT2D eigenvalue weighted by Gasteiger charge is -2.27. The number of allylic oxidation sites excluding steroid dienone is 1. The van der Waals surface area contributed by atoms with Crippen LogP contribution >= 0.6 is 11.6 Å². The average Bonchev–Trinajstić information content (AvgIpc) is 2.91. The number of nitrogens with two attached hydrogens (primary N) is 1. The molecule has 22 heavy (non-hydrogen) atoms. The lowest BCUT2D eigenvalue weighted by Crippen LogP contribution is -2.35. The molecule has 2 atom stereocenters. The Morgan fingerprint density at radius 3 is 3.00 bits per heavy atom. The van der Waals surface area contributed by atoms with Crippen molar-refractivity contribution in [3.8, 4) is 0 Å². The number of β-amino-alcohol motifs (C(OH)–C–C–N with tert-alkyl or cyclic N) is 1. The van der Waals surface area contributed by atoms with Gasteiger partial charge in [-0.25, -0.2) is 0 Å². The molecule has 2 aliphatic rings. The Balaban J connectivity index is 1.79. The van der Waals surface area contributed by atoms with E-state index in [4.69, 9.17) is 17.3 Å². The summed E-state index contributed by atoms with van der Waals surface area (Å²) in [6.07, 6.45) is 5.63. The largest absolute Gasteiger partial charge is 0.382 e. The fourth-order valence-corrected chi connectivity index (χ4v) is 3.35. The van der Waals surface area contributed by atoms with Crippen LogP contribution in [0.3, 0.4) is 0 Å². The van der Waals surface area contributed by atoms with Crippen molar-refractivity contribution >= 4 is 23.5 Å². The van der Waals surface area contributed by atoms with Crippen LogP contribution in [0.2, 0.25) is 5.02 Å². The molecule has 1 unspecified atom stereocenters. The quantitative estimate of drug-likeness (QED) is 0.900. The van der Waals surface area contributed by atoms with Gasteiger partial charge in [0.15, 0.2) is 0 Å². The van der Waals surface area contributed by atoms with Crippen molar-refractivity contribution in [1.29, 1.82) is 0 Å². The Bertz CT molecular complexity index is 628. The SMILES string of the molecule is CC1C=C([C@]2(O)CCN(c3ccc(CN)c(Cl)c3)C2)N=CC1. The molecule has 2 heterocycles. The molecule has 1 aromatic carbocycles. The van der Waals surface area contributed by atoms with Gasteiger partial charge in [-0.15, -0.1) is 0 Å². The van der Waals surface area contributed by atoms with E-state index in [0.29, 0.717) is 30.5 Å². The molecule has 3 N–H and O–H groups in total. The Morgan fingerprint density at radius 1 is 1.50 bits per heavy atom. The molecule has 4 nitrogen and oxygen atoms in total. The van der Waals surface area contributed by atoms with Crippen LogP contribution in [0.4, 0.5) is 5.69 Å². The van der Waals surface area contributed by atoms with E-state index in [9.17, 15) is 5.11 Å². The summed E-state index contributed by atoms with van der Waals surface area (Å²) in [5.74, 6) is 0.434. The Labute approximate surface area is 136 Å². The summed E-state index contributed by atoms with van der Waals surface area (Å²) in [6.45, 7) is 3.91. The van der Waals surface area contributed by atoms with Gasteiger partial charge in [0.25, 0.3) is 0 Å². The maximum atomic E-state index is 11.0. The normalized spacial score (nSPS) is 28.1. The minimum Gasteiger partial charge on any atom is -0.382 e. The van der Waals surface area contributed by atoms with Crippen molar-refractivity contribution in [2.75, 3.05) is 18.0 Å². The molecule has 1 saturated heterocycles. The highest BCUT2D eigenvalue weighted by Crippen LogP contribution is 2.35. The molecule has 0 amide bonds. The van der Waals surface area contributed by atoms with Gasteiger partial charge in [-0.1, -0.05) is 30.7 Å². The van der Waals surface area contributed by atoms with E-state index in [2.05, 4.69) is 22.9 Å². The fourth-order valence-electron chi connectivity index (χ4n) is 3.09. The molecule has 0 aliphatic carbocycles. The minimum absolute atomic E-state index is 0.433. The van der Waals surface area contributed by atoms with Gasteiger partial charge in [-0.2, -0.15) is 0 Å². The van der Waals surface area contributed by atoms with Gasteiger partial charge in [-0.05, 0) is 30.0 Å². The van der Waals surface area contributed by atoms with Crippen molar-refractivity contribution in [3.63, 3.8) is 0 Å². The van der Waals surface area contributed by atoms with Crippen LogP contribution in [-0.2, 0) is 6.54 Å². The van der Waals surface area contributed by atoms with Crippen molar-refractivity contribution in [3.05, 3.63) is 40.6 Å². The average molecular weight is 320 g/mol. The summed E-state index contributed by atoms with van der Waals surface area (Å²) in [7, 11) is 0. The van der Waals surface area contributed by atoms with Crippen LogP contribution in [0, 0.1) is 5.92 Å². The van der Waals surface area contributed by atoms with Crippen molar-refractivity contribution in [1.82, 2.24) is 0 Å². The second kappa shape index (κ2) is 6.03. The monoisotopic (exact) mass is 319 g/mol. The second-order valence-electron chi connectivity index (χ2n) is 6.26. The Hall–Kier alpha value is -1.36. The summed E-state index contributed by atoms with van der Waals surface area (Å²) in [4.78, 5) is 6.58. The van der Waals surface area contributed by atoms with Crippen molar-refractivity contribution in [2.24, 2.45) is 16.6 Å². The number of nitrogens with zero attached hydrogens (tertiary/aromatic N) is 2. The molecule has 5 heteroatoms. The van der Waals surface area contributed by atoms with E-state index >= 15 is 0 Å². The second-order valence-corrected chi connectivity index (χ2v) is 6.67. The zero-order valence-electron chi connectivity index (χ0n) is 12.8. The van der Waals surface area contributed by atoms with E-state index in [-0.39, 0.29) is 0 Å². The first-order chi connectivity index (χ1) is 10.5. The molecule has 0 radical (unpaired) electrons. The van der Waals surface area contributed by atoms with Crippen molar-refractivity contribution in [2.45, 2.75) is 31.9 Å². The highest BCUT2D eigenvalue weighted by Gasteiger charge is 2.40. The van der Waals surface area contributed by atoms with E-state index in [1.807, 2.05) is 24.4 Å². The van der Waals surface area contributed by atoms with Gasteiger partial charge < -0.3 is 15.7 Å². The van der Waals surface area contributed by atoms with E-state index < -0.39 is 5.60 Å². The number of hydrogen-bond acceptors (Lipinski definition) is 4. The third-order valence-corrected chi connectivity index (χ3v) is 4.85. The van der Waals surface area contributed by atoms with E-state index in [1.54, 1.807) is 0 Å². The van der Waals surface area contributed by atoms with E-state index in [1.165, 1.54) is 0 Å². The molecule has 1 fully saturated rings. The summed E-state index contributed by atoms with van der Waals surface area (Å²) in [5, 5.41) is 11.6.